The lowest BCUT2D eigenvalue weighted by atomic mass is 9.85. The summed E-state index contributed by atoms with van der Waals surface area (Å²) in [4.78, 5) is 67.2. The van der Waals surface area contributed by atoms with Crippen molar-refractivity contribution in [3.05, 3.63) is 123 Å². The van der Waals surface area contributed by atoms with Crippen molar-refractivity contribution in [1.29, 1.82) is 0 Å². The normalized spacial score (nSPS) is 17.7. The first kappa shape index (κ1) is 47.2. The van der Waals surface area contributed by atoms with Crippen LogP contribution in [0, 0.1) is 33.1 Å². The van der Waals surface area contributed by atoms with Crippen molar-refractivity contribution in [3.63, 3.8) is 0 Å². The number of aliphatic hydroxyl groups is 1. The van der Waals surface area contributed by atoms with E-state index in [1.165, 1.54) is 4.90 Å². The molecule has 1 fully saturated rings. The number of carboxylic acids is 1. The van der Waals surface area contributed by atoms with Crippen LogP contribution in [0.5, 0.6) is 0 Å². The number of carboxylic acid groups (broad SMARTS) is 1. The maximum absolute atomic E-state index is 14.4. The second-order valence-electron chi connectivity index (χ2n) is 19.0. The van der Waals surface area contributed by atoms with E-state index in [0.29, 0.717) is 22.9 Å². The predicted octanol–water partition coefficient (Wildman–Crippen LogP) is 7.44. The van der Waals surface area contributed by atoms with Crippen LogP contribution in [0.4, 0.5) is 0 Å². The van der Waals surface area contributed by atoms with Crippen molar-refractivity contribution in [2.75, 3.05) is 6.54 Å². The number of hydrogen-bond donors (Lipinski definition) is 4. The summed E-state index contributed by atoms with van der Waals surface area (Å²) < 4.78 is 3.48. The van der Waals surface area contributed by atoms with Crippen LogP contribution in [0.2, 0.25) is 0 Å². The highest BCUT2D eigenvalue weighted by molar-refractivity contribution is 7.15. The van der Waals surface area contributed by atoms with Crippen molar-refractivity contribution in [1.82, 2.24) is 45.1 Å². The summed E-state index contributed by atoms with van der Waals surface area (Å²) in [5.41, 5.74) is 9.83. The largest absolute Gasteiger partial charge is 0.481 e. The molecule has 0 unspecified atom stereocenters. The average molecular weight is 967 g/mol. The minimum absolute atomic E-state index is 0.0397. The van der Waals surface area contributed by atoms with E-state index in [1.54, 1.807) is 33.6 Å². The Kier molecular flexibility index (Phi) is 12.7. The van der Waals surface area contributed by atoms with E-state index in [9.17, 15) is 29.4 Å². The van der Waals surface area contributed by atoms with E-state index in [2.05, 4.69) is 32.7 Å². The molecular formula is C51H54N10O6S2. The van der Waals surface area contributed by atoms with E-state index >= 15 is 0 Å². The van der Waals surface area contributed by atoms with Crippen LogP contribution in [-0.4, -0.2) is 98.8 Å². The van der Waals surface area contributed by atoms with Gasteiger partial charge < -0.3 is 25.7 Å². The first-order chi connectivity index (χ1) is 32.9. The summed E-state index contributed by atoms with van der Waals surface area (Å²) in [6.07, 6.45) is 0.720. The average Bonchev–Trinajstić information content (AvgIpc) is 4.14. The van der Waals surface area contributed by atoms with Gasteiger partial charge in [-0.05, 0) is 62.3 Å². The number of rotatable bonds is 12. The molecule has 3 aromatic carbocycles. The quantitative estimate of drug-likeness (QED) is 0.0951. The molecule has 5 atom stereocenters. The smallest absolute Gasteiger partial charge is 0.306 e. The molecule has 69 heavy (non-hydrogen) atoms. The number of fused-ring (bicyclic) bond motifs is 4. The molecule has 2 aliphatic heterocycles. The van der Waals surface area contributed by atoms with Gasteiger partial charge in [-0.2, -0.15) is 5.10 Å². The van der Waals surface area contributed by atoms with E-state index in [-0.39, 0.29) is 37.9 Å². The SMILES string of the molecule is Cc1ncsc1-c1ccc([C@H](C)NC(=O)[C@@H]2C[C@@H](O)CN2C(=O)[C@@H](NC(=O)Cn2cc3cccc(-c4ccc(C5=N[C@@H](CC(=O)O)c6nnc(C)n6-c6sc(C)c(C)c65)cc4)c3n2)C(C)(C)C)cc1. The summed E-state index contributed by atoms with van der Waals surface area (Å²) in [5.74, 6) is -1.11. The number of amides is 3. The van der Waals surface area contributed by atoms with Gasteiger partial charge in [-0.15, -0.1) is 32.9 Å². The number of nitrogens with one attached hydrogen (secondary N) is 2. The molecule has 7 aromatic rings. The van der Waals surface area contributed by atoms with Gasteiger partial charge in [0.2, 0.25) is 17.7 Å². The first-order valence-corrected chi connectivity index (χ1v) is 24.5. The minimum Gasteiger partial charge on any atom is -0.481 e. The van der Waals surface area contributed by atoms with Gasteiger partial charge in [0.25, 0.3) is 0 Å². The van der Waals surface area contributed by atoms with Gasteiger partial charge >= 0.3 is 5.97 Å². The fraction of sp³-hybridized carbons (Fsp3) is 0.353. The molecule has 1 saturated heterocycles. The monoisotopic (exact) mass is 966 g/mol. The number of β-amino-alcohol motifs (C(OH)–C–C–N with tert-alkyl or cyclic N) is 1. The molecule has 356 valence electrons. The van der Waals surface area contributed by atoms with E-state index < -0.39 is 47.4 Å². The number of aliphatic carboxylic acids is 1. The number of nitrogens with zero attached hydrogens (tertiary/aromatic N) is 8. The summed E-state index contributed by atoms with van der Waals surface area (Å²) in [6, 6.07) is 18.6. The third-order valence-electron chi connectivity index (χ3n) is 13.0. The van der Waals surface area contributed by atoms with Crippen molar-refractivity contribution in [2.24, 2.45) is 10.4 Å². The third kappa shape index (κ3) is 9.23. The van der Waals surface area contributed by atoms with Gasteiger partial charge in [-0.25, -0.2) is 4.98 Å². The Bertz CT molecular complexity index is 3160. The lowest BCUT2D eigenvalue weighted by Gasteiger charge is -2.35. The van der Waals surface area contributed by atoms with Gasteiger partial charge in [-0.3, -0.25) is 33.4 Å². The number of aliphatic hydroxyl groups excluding tert-OH is 1. The number of carbonyl (C=O) groups is 4. The van der Waals surface area contributed by atoms with Crippen LogP contribution in [0.15, 0.2) is 83.4 Å². The van der Waals surface area contributed by atoms with Crippen molar-refractivity contribution < 1.29 is 29.4 Å². The topological polar surface area (TPSA) is 210 Å². The zero-order chi connectivity index (χ0) is 49.1. The molecule has 18 heteroatoms. The highest BCUT2D eigenvalue weighted by Gasteiger charge is 2.45. The Morgan fingerprint density at radius 2 is 1.62 bits per heavy atom. The summed E-state index contributed by atoms with van der Waals surface area (Å²) >= 11 is 3.17. The lowest BCUT2D eigenvalue weighted by Crippen LogP contribution is -2.58. The fourth-order valence-corrected chi connectivity index (χ4v) is 11.3. The van der Waals surface area contributed by atoms with Crippen LogP contribution in [0.1, 0.15) is 97.1 Å². The Morgan fingerprint density at radius 3 is 2.30 bits per heavy atom. The summed E-state index contributed by atoms with van der Waals surface area (Å²) in [6.45, 7) is 15.1. The molecule has 16 nitrogen and oxygen atoms in total. The molecule has 0 saturated carbocycles. The number of hydrogen-bond acceptors (Lipinski definition) is 12. The number of aromatic nitrogens is 6. The predicted molar refractivity (Wildman–Crippen MR) is 266 cm³/mol. The highest BCUT2D eigenvalue weighted by atomic mass is 32.1. The second kappa shape index (κ2) is 18.5. The van der Waals surface area contributed by atoms with Crippen LogP contribution < -0.4 is 10.6 Å². The zero-order valence-corrected chi connectivity index (χ0v) is 41.3. The molecule has 0 spiro atoms. The molecule has 9 rings (SSSR count). The van der Waals surface area contributed by atoms with Gasteiger partial charge in [0, 0.05) is 46.1 Å². The highest BCUT2D eigenvalue weighted by Crippen LogP contribution is 2.40. The number of benzene rings is 3. The lowest BCUT2D eigenvalue weighted by molar-refractivity contribution is -0.144. The van der Waals surface area contributed by atoms with Gasteiger partial charge in [0.1, 0.15) is 41.0 Å². The Balaban J connectivity index is 0.907. The minimum atomic E-state index is -1.01. The van der Waals surface area contributed by atoms with Gasteiger partial charge in [0.15, 0.2) is 5.82 Å². The second-order valence-corrected chi connectivity index (χ2v) is 21.1. The Hall–Kier alpha value is -6.89. The molecular weight excluding hydrogens is 913 g/mol. The number of thiazole rings is 1. The molecule has 4 aromatic heterocycles. The van der Waals surface area contributed by atoms with E-state index in [0.717, 1.165) is 64.8 Å². The molecule has 4 N–H and O–H groups in total. The van der Waals surface area contributed by atoms with Crippen molar-refractivity contribution in [3.8, 4) is 26.6 Å². The van der Waals surface area contributed by atoms with E-state index in [1.807, 2.05) is 125 Å². The number of aliphatic imine (C=N–C) groups is 1. The molecule has 6 heterocycles. The number of likely N-dealkylation sites (tertiary alicyclic amines) is 1. The molecule has 3 amide bonds. The van der Waals surface area contributed by atoms with Crippen LogP contribution in [-0.2, 0) is 25.7 Å². The maximum Gasteiger partial charge on any atom is 0.306 e. The number of aryl methyl sites for hydroxylation is 3. The van der Waals surface area contributed by atoms with E-state index in [4.69, 9.17) is 10.1 Å². The van der Waals surface area contributed by atoms with Crippen LogP contribution >= 0.6 is 22.7 Å². The van der Waals surface area contributed by atoms with Gasteiger partial charge in [-0.1, -0.05) is 87.5 Å². The zero-order valence-electron chi connectivity index (χ0n) is 39.6. The van der Waals surface area contributed by atoms with Crippen molar-refractivity contribution >= 4 is 63.0 Å². The molecule has 2 aliphatic rings. The first-order valence-electron chi connectivity index (χ1n) is 22.8. The fourth-order valence-electron chi connectivity index (χ4n) is 9.28. The number of thiophene rings is 1. The molecule has 0 aliphatic carbocycles. The Labute approximate surface area is 407 Å². The maximum atomic E-state index is 14.4. The number of carbonyl (C=O) groups excluding carboxylic acids is 3. The standard InChI is InChI=1S/C51H54N10O6S2/c1-26-29(4)69-50-42(26)44(54-38(21-41(64)65)47-57-56-30(5)61(47)50)33-16-14-32(15-17-33)37-11-9-10-35-22-59(58-43(35)37)24-40(63)55-46(51(6,7)8)49(67)60-23-36(62)20-39(60)48(66)53-27(2)31-12-18-34(19-13-31)45-28(3)52-25-68-45/h9-19,22,25,27,36,38-39,46,62H,20-21,23-24H2,1-8H3,(H,53,66)(H,55,63)(H,64,65)/t27-,36+,38-,39-,46+/m0/s1. The third-order valence-corrected chi connectivity index (χ3v) is 15.2. The molecule has 0 radical (unpaired) electrons. The summed E-state index contributed by atoms with van der Waals surface area (Å²) in [5, 5.41) is 41.9. The summed E-state index contributed by atoms with van der Waals surface area (Å²) in [7, 11) is 0. The van der Waals surface area contributed by atoms with Crippen LogP contribution in [0.25, 0.3) is 37.5 Å². The van der Waals surface area contributed by atoms with Gasteiger partial charge in [0.05, 0.1) is 40.4 Å². The Morgan fingerprint density at radius 1 is 0.913 bits per heavy atom. The van der Waals surface area contributed by atoms with Crippen LogP contribution in [0.3, 0.4) is 0 Å². The van der Waals surface area contributed by atoms with Crippen molar-refractivity contribution in [2.45, 2.75) is 105 Å². The molecule has 0 bridgehead atoms.